The molecule has 0 fully saturated rings. The van der Waals surface area contributed by atoms with E-state index in [1.54, 1.807) is 0 Å². The maximum atomic E-state index is 11.6. The molecule has 0 saturated heterocycles. The van der Waals surface area contributed by atoms with Crippen LogP contribution < -0.4 is 5.32 Å². The number of alkyl carbamates (subject to hydrolysis) is 1. The van der Waals surface area contributed by atoms with Gasteiger partial charge in [0, 0.05) is 10.0 Å². The Morgan fingerprint density at radius 2 is 2.06 bits per heavy atom. The molecule has 1 rings (SSSR count). The molecule has 94 valence electrons. The van der Waals surface area contributed by atoms with Gasteiger partial charge in [-0.25, -0.2) is 4.79 Å². The van der Waals surface area contributed by atoms with Gasteiger partial charge in [0.2, 0.25) is 0 Å². The fraction of sp³-hybridized carbons (Fsp3) is 0.462. The first-order chi connectivity index (χ1) is 7.78. The summed E-state index contributed by atoms with van der Waals surface area (Å²) in [6.45, 7) is 7.60. The van der Waals surface area contributed by atoms with Gasteiger partial charge in [0.25, 0.3) is 0 Å². The third kappa shape index (κ3) is 5.22. The van der Waals surface area contributed by atoms with E-state index in [0.717, 1.165) is 10.0 Å². The Bertz CT molecular complexity index is 399. The SMILES string of the molecule is CC(OC(=O)NC(C)(C)C)c1cccc(Br)c1. The predicted molar refractivity (Wildman–Crippen MR) is 71.9 cm³/mol. The second-order valence-electron chi connectivity index (χ2n) is 4.98. The van der Waals surface area contributed by atoms with Gasteiger partial charge in [-0.15, -0.1) is 0 Å². The first-order valence-corrected chi connectivity index (χ1v) is 6.31. The molecule has 0 bridgehead atoms. The van der Waals surface area contributed by atoms with Crippen LogP contribution in [0.3, 0.4) is 0 Å². The lowest BCUT2D eigenvalue weighted by atomic mass is 10.1. The number of benzene rings is 1. The lowest BCUT2D eigenvalue weighted by molar-refractivity contribution is 0.100. The Morgan fingerprint density at radius 1 is 1.41 bits per heavy atom. The van der Waals surface area contributed by atoms with E-state index >= 15 is 0 Å². The van der Waals surface area contributed by atoms with Gasteiger partial charge >= 0.3 is 6.09 Å². The van der Waals surface area contributed by atoms with Crippen molar-refractivity contribution in [2.75, 3.05) is 0 Å². The average Bonchev–Trinajstić information content (AvgIpc) is 2.14. The first-order valence-electron chi connectivity index (χ1n) is 5.52. The van der Waals surface area contributed by atoms with Crippen molar-refractivity contribution in [3.8, 4) is 0 Å². The molecule has 0 saturated carbocycles. The Hall–Kier alpha value is -1.03. The van der Waals surface area contributed by atoms with E-state index in [1.165, 1.54) is 0 Å². The first kappa shape index (κ1) is 14.0. The second-order valence-corrected chi connectivity index (χ2v) is 5.89. The molecule has 1 N–H and O–H groups in total. The minimum Gasteiger partial charge on any atom is -0.442 e. The number of hydrogen-bond acceptors (Lipinski definition) is 2. The Balaban J connectivity index is 2.61. The number of hydrogen-bond donors (Lipinski definition) is 1. The van der Waals surface area contributed by atoms with Crippen LogP contribution in [0.4, 0.5) is 4.79 Å². The largest absolute Gasteiger partial charge is 0.442 e. The summed E-state index contributed by atoms with van der Waals surface area (Å²) in [7, 11) is 0. The quantitative estimate of drug-likeness (QED) is 0.895. The molecular formula is C13H18BrNO2. The van der Waals surface area contributed by atoms with Crippen LogP contribution in [0.5, 0.6) is 0 Å². The topological polar surface area (TPSA) is 38.3 Å². The van der Waals surface area contributed by atoms with Gasteiger partial charge in [-0.1, -0.05) is 28.1 Å². The zero-order valence-electron chi connectivity index (χ0n) is 10.6. The van der Waals surface area contributed by atoms with Crippen molar-refractivity contribution >= 4 is 22.0 Å². The molecule has 0 aromatic heterocycles. The van der Waals surface area contributed by atoms with Crippen LogP contribution in [0.15, 0.2) is 28.7 Å². The van der Waals surface area contributed by atoms with Crippen LogP contribution >= 0.6 is 15.9 Å². The molecule has 0 aliphatic carbocycles. The number of ether oxygens (including phenoxy) is 1. The summed E-state index contributed by atoms with van der Waals surface area (Å²) < 4.78 is 6.27. The maximum absolute atomic E-state index is 11.6. The summed E-state index contributed by atoms with van der Waals surface area (Å²) in [5, 5.41) is 2.76. The lowest BCUT2D eigenvalue weighted by Crippen LogP contribution is -2.41. The minimum absolute atomic E-state index is 0.269. The number of rotatable bonds is 2. The van der Waals surface area contributed by atoms with E-state index in [-0.39, 0.29) is 11.6 Å². The maximum Gasteiger partial charge on any atom is 0.408 e. The van der Waals surface area contributed by atoms with Crippen LogP contribution in [0.1, 0.15) is 39.4 Å². The van der Waals surface area contributed by atoms with Crippen LogP contribution in [-0.4, -0.2) is 11.6 Å². The van der Waals surface area contributed by atoms with Gasteiger partial charge in [0.1, 0.15) is 6.10 Å². The lowest BCUT2D eigenvalue weighted by Gasteiger charge is -2.22. The molecule has 1 aromatic rings. The summed E-state index contributed by atoms with van der Waals surface area (Å²) >= 11 is 3.39. The Labute approximate surface area is 111 Å². The summed E-state index contributed by atoms with van der Waals surface area (Å²) in [6, 6.07) is 7.72. The fourth-order valence-corrected chi connectivity index (χ4v) is 1.74. The van der Waals surface area contributed by atoms with Crippen molar-refractivity contribution in [2.45, 2.75) is 39.3 Å². The van der Waals surface area contributed by atoms with Gasteiger partial charge in [0.05, 0.1) is 0 Å². The van der Waals surface area contributed by atoms with Crippen LogP contribution in [-0.2, 0) is 4.74 Å². The molecule has 1 unspecified atom stereocenters. The van der Waals surface area contributed by atoms with E-state index in [2.05, 4.69) is 21.2 Å². The highest BCUT2D eigenvalue weighted by atomic mass is 79.9. The van der Waals surface area contributed by atoms with E-state index < -0.39 is 6.09 Å². The molecule has 1 atom stereocenters. The summed E-state index contributed by atoms with van der Waals surface area (Å²) in [5.41, 5.74) is 0.678. The van der Waals surface area contributed by atoms with E-state index in [1.807, 2.05) is 52.0 Å². The van der Waals surface area contributed by atoms with E-state index in [4.69, 9.17) is 4.74 Å². The third-order valence-corrected chi connectivity index (χ3v) is 2.57. The van der Waals surface area contributed by atoms with Gasteiger partial charge in [-0.05, 0) is 45.4 Å². The highest BCUT2D eigenvalue weighted by Gasteiger charge is 2.17. The zero-order chi connectivity index (χ0) is 13.1. The van der Waals surface area contributed by atoms with Crippen molar-refractivity contribution in [1.29, 1.82) is 0 Å². The average molecular weight is 300 g/mol. The van der Waals surface area contributed by atoms with Crippen LogP contribution in [0.2, 0.25) is 0 Å². The number of nitrogens with one attached hydrogen (secondary N) is 1. The fourth-order valence-electron chi connectivity index (χ4n) is 1.32. The number of carbonyl (C=O) groups excluding carboxylic acids is 1. The molecular weight excluding hydrogens is 282 g/mol. The number of halogens is 1. The predicted octanol–water partition coefficient (Wildman–Crippen LogP) is 4.03. The second kappa shape index (κ2) is 5.54. The minimum atomic E-state index is -0.398. The van der Waals surface area contributed by atoms with Crippen molar-refractivity contribution in [2.24, 2.45) is 0 Å². The molecule has 1 aromatic carbocycles. The number of amides is 1. The molecule has 0 aliphatic heterocycles. The molecule has 3 nitrogen and oxygen atoms in total. The monoisotopic (exact) mass is 299 g/mol. The van der Waals surface area contributed by atoms with Crippen molar-refractivity contribution in [3.63, 3.8) is 0 Å². The summed E-state index contributed by atoms with van der Waals surface area (Å²) in [4.78, 5) is 11.6. The Morgan fingerprint density at radius 3 is 2.59 bits per heavy atom. The smallest absolute Gasteiger partial charge is 0.408 e. The molecule has 17 heavy (non-hydrogen) atoms. The summed E-state index contributed by atoms with van der Waals surface area (Å²) in [5.74, 6) is 0. The molecule has 0 aliphatic rings. The van der Waals surface area contributed by atoms with Gasteiger partial charge in [-0.2, -0.15) is 0 Å². The molecule has 4 heteroatoms. The van der Waals surface area contributed by atoms with Gasteiger partial charge in [-0.3, -0.25) is 0 Å². The van der Waals surface area contributed by atoms with Crippen LogP contribution in [0, 0.1) is 0 Å². The zero-order valence-corrected chi connectivity index (χ0v) is 12.2. The van der Waals surface area contributed by atoms with E-state index in [0.29, 0.717) is 0 Å². The highest BCUT2D eigenvalue weighted by molar-refractivity contribution is 9.10. The molecule has 0 radical (unpaired) electrons. The van der Waals surface area contributed by atoms with Crippen molar-refractivity contribution in [3.05, 3.63) is 34.3 Å². The van der Waals surface area contributed by atoms with Crippen molar-refractivity contribution in [1.82, 2.24) is 5.32 Å². The molecule has 0 spiro atoms. The Kier molecular flexibility index (Phi) is 4.57. The molecule has 0 heterocycles. The number of carbonyl (C=O) groups is 1. The summed E-state index contributed by atoms with van der Waals surface area (Å²) in [6.07, 6.45) is -0.667. The third-order valence-electron chi connectivity index (χ3n) is 2.08. The van der Waals surface area contributed by atoms with Crippen LogP contribution in [0.25, 0.3) is 0 Å². The van der Waals surface area contributed by atoms with Gasteiger partial charge in [0.15, 0.2) is 0 Å². The van der Waals surface area contributed by atoms with E-state index in [9.17, 15) is 4.79 Å². The normalized spacial score (nSPS) is 13.0. The van der Waals surface area contributed by atoms with Gasteiger partial charge < -0.3 is 10.1 Å². The van der Waals surface area contributed by atoms with Crippen molar-refractivity contribution < 1.29 is 9.53 Å². The highest BCUT2D eigenvalue weighted by Crippen LogP contribution is 2.20. The molecule has 1 amide bonds. The standard InChI is InChI=1S/C13H18BrNO2/c1-9(10-6-5-7-11(14)8-10)17-12(16)15-13(2,3)4/h5-9H,1-4H3,(H,15,16).